The van der Waals surface area contributed by atoms with Gasteiger partial charge in [0.05, 0.1) is 29.7 Å². The Balaban J connectivity index is 1.39. The topological polar surface area (TPSA) is 96.2 Å². The van der Waals surface area contributed by atoms with E-state index in [1.54, 1.807) is 12.1 Å². The largest absolute Gasteiger partial charge is 0.495 e. The molecule has 10 heteroatoms. The smallest absolute Gasteiger partial charge is 0.214 e. The number of nitrogens with zero attached hydrogens (tertiary/aromatic N) is 3. The van der Waals surface area contributed by atoms with Gasteiger partial charge in [0.25, 0.3) is 0 Å². The minimum atomic E-state index is -3.19. The molecular weight excluding hydrogens is 452 g/mol. The first-order chi connectivity index (χ1) is 15.4. The molecule has 8 nitrogen and oxygen atoms in total. The molecule has 3 heterocycles. The number of aliphatic hydroxyl groups excluding tert-OH is 1. The van der Waals surface area contributed by atoms with Crippen molar-refractivity contribution in [3.8, 4) is 17.0 Å². The van der Waals surface area contributed by atoms with E-state index in [0.717, 1.165) is 42.7 Å². The van der Waals surface area contributed by atoms with E-state index in [0.29, 0.717) is 28.6 Å². The number of imidazole rings is 1. The fourth-order valence-corrected chi connectivity index (χ4v) is 6.06. The second-order valence-electron chi connectivity index (χ2n) is 8.37. The fraction of sp³-hybridized carbons (Fsp3) is 0.409. The van der Waals surface area contributed by atoms with Crippen LogP contribution in [0, 0.1) is 0 Å². The first-order valence-corrected chi connectivity index (χ1v) is 12.5. The van der Waals surface area contributed by atoms with E-state index >= 15 is 0 Å². The van der Waals surface area contributed by atoms with Crippen LogP contribution in [-0.2, 0) is 16.6 Å². The molecule has 1 atom stereocenters. The summed E-state index contributed by atoms with van der Waals surface area (Å²) in [7, 11) is -1.65. The Morgan fingerprint density at radius 2 is 2.09 bits per heavy atom. The van der Waals surface area contributed by atoms with E-state index < -0.39 is 10.0 Å². The van der Waals surface area contributed by atoms with E-state index in [9.17, 15) is 13.5 Å². The third-order valence-corrected chi connectivity index (χ3v) is 8.42. The molecule has 1 aliphatic heterocycles. The number of hydrogen-bond acceptors (Lipinski definition) is 6. The molecule has 1 unspecified atom stereocenters. The molecule has 0 radical (unpaired) electrons. The normalized spacial score (nSPS) is 19.1. The van der Waals surface area contributed by atoms with Crippen LogP contribution in [-0.4, -0.2) is 54.4 Å². The lowest BCUT2D eigenvalue weighted by atomic mass is 10.1. The minimum Gasteiger partial charge on any atom is -0.495 e. The number of rotatable bonds is 7. The molecule has 1 aromatic carbocycles. The van der Waals surface area contributed by atoms with E-state index in [2.05, 4.69) is 9.62 Å². The molecule has 0 spiro atoms. The zero-order valence-corrected chi connectivity index (χ0v) is 19.2. The van der Waals surface area contributed by atoms with Gasteiger partial charge in [0, 0.05) is 48.8 Å². The predicted octanol–water partition coefficient (Wildman–Crippen LogP) is 2.82. The summed E-state index contributed by atoms with van der Waals surface area (Å²) in [6.07, 6.45) is 6.14. The van der Waals surface area contributed by atoms with E-state index in [-0.39, 0.29) is 17.9 Å². The Kier molecular flexibility index (Phi) is 5.53. The number of hydrogen-bond donors (Lipinski definition) is 2. The molecule has 2 aromatic heterocycles. The minimum absolute atomic E-state index is 0.0688. The third-order valence-electron chi connectivity index (χ3n) is 6.12. The molecule has 1 saturated heterocycles. The summed E-state index contributed by atoms with van der Waals surface area (Å²) in [5.41, 5.74) is 3.89. The van der Waals surface area contributed by atoms with Crippen LogP contribution < -0.4 is 14.4 Å². The SMILES string of the molecule is COc1cc(CO)c(-c2cn3ccc(N4CCC(NS(=O)(=O)C5CC5)C4)cc3n2)cc1Cl. The zero-order valence-electron chi connectivity index (χ0n) is 17.7. The molecule has 2 aliphatic rings. The Labute approximate surface area is 191 Å². The lowest BCUT2D eigenvalue weighted by Crippen LogP contribution is -2.38. The van der Waals surface area contributed by atoms with Crippen molar-refractivity contribution >= 4 is 33.0 Å². The first-order valence-electron chi connectivity index (χ1n) is 10.6. The van der Waals surface area contributed by atoms with Crippen LogP contribution >= 0.6 is 11.6 Å². The van der Waals surface area contributed by atoms with Gasteiger partial charge >= 0.3 is 0 Å². The van der Waals surface area contributed by atoms with Gasteiger partial charge < -0.3 is 19.1 Å². The molecule has 32 heavy (non-hydrogen) atoms. The summed E-state index contributed by atoms with van der Waals surface area (Å²) in [6.45, 7) is 1.26. The number of ether oxygens (including phenoxy) is 1. The Hall–Kier alpha value is -2.33. The number of methoxy groups -OCH3 is 1. The number of anilines is 1. The van der Waals surface area contributed by atoms with Crippen molar-refractivity contribution in [3.05, 3.63) is 47.2 Å². The number of pyridine rings is 1. The predicted molar refractivity (Wildman–Crippen MR) is 124 cm³/mol. The molecule has 0 amide bonds. The van der Waals surface area contributed by atoms with Crippen LogP contribution in [0.5, 0.6) is 5.75 Å². The maximum absolute atomic E-state index is 12.2. The Morgan fingerprint density at radius 3 is 2.81 bits per heavy atom. The van der Waals surface area contributed by atoms with Gasteiger partial charge in [-0.3, -0.25) is 0 Å². The van der Waals surface area contributed by atoms with Gasteiger partial charge in [-0.2, -0.15) is 0 Å². The van der Waals surface area contributed by atoms with Gasteiger partial charge in [-0.1, -0.05) is 11.6 Å². The van der Waals surface area contributed by atoms with E-state index in [4.69, 9.17) is 21.3 Å². The van der Waals surface area contributed by atoms with Crippen LogP contribution in [0.3, 0.4) is 0 Å². The van der Waals surface area contributed by atoms with Gasteiger partial charge in [-0.15, -0.1) is 0 Å². The molecule has 2 N–H and O–H groups in total. The lowest BCUT2D eigenvalue weighted by molar-refractivity contribution is 0.281. The van der Waals surface area contributed by atoms with Crippen molar-refractivity contribution in [1.29, 1.82) is 0 Å². The lowest BCUT2D eigenvalue weighted by Gasteiger charge is -2.19. The monoisotopic (exact) mass is 476 g/mol. The summed E-state index contributed by atoms with van der Waals surface area (Å²) in [5, 5.41) is 10.1. The van der Waals surface area contributed by atoms with Crippen molar-refractivity contribution in [2.75, 3.05) is 25.1 Å². The van der Waals surface area contributed by atoms with Crippen molar-refractivity contribution in [2.24, 2.45) is 0 Å². The summed E-state index contributed by atoms with van der Waals surface area (Å²) >= 11 is 6.30. The Morgan fingerprint density at radius 1 is 1.28 bits per heavy atom. The van der Waals surface area contributed by atoms with E-state index in [1.807, 2.05) is 28.9 Å². The van der Waals surface area contributed by atoms with Gasteiger partial charge in [-0.05, 0) is 43.0 Å². The van der Waals surface area contributed by atoms with Gasteiger partial charge in [0.1, 0.15) is 11.4 Å². The fourth-order valence-electron chi connectivity index (χ4n) is 4.22. The van der Waals surface area contributed by atoms with Gasteiger partial charge in [0.15, 0.2) is 0 Å². The highest BCUT2D eigenvalue weighted by Crippen LogP contribution is 2.34. The van der Waals surface area contributed by atoms with Gasteiger partial charge in [-0.25, -0.2) is 18.1 Å². The molecule has 1 saturated carbocycles. The number of aliphatic hydroxyl groups is 1. The molecular formula is C22H25ClN4O4S. The molecule has 3 aromatic rings. The van der Waals surface area contributed by atoms with E-state index in [1.165, 1.54) is 7.11 Å². The van der Waals surface area contributed by atoms with Crippen molar-refractivity contribution in [1.82, 2.24) is 14.1 Å². The van der Waals surface area contributed by atoms with Crippen LogP contribution in [0.15, 0.2) is 36.7 Å². The second-order valence-corrected chi connectivity index (χ2v) is 10.8. The van der Waals surface area contributed by atoms with Crippen LogP contribution in [0.4, 0.5) is 5.69 Å². The summed E-state index contributed by atoms with van der Waals surface area (Å²) < 4.78 is 34.5. The standard InChI is InChI=1S/C22H25ClN4O4S/c1-31-21-8-14(13-28)18(10-19(21)23)20-12-27-7-5-16(9-22(27)24-20)26-6-4-15(11-26)25-32(29,30)17-2-3-17/h5,7-10,12,15,17,25,28H,2-4,6,11,13H2,1H3. The number of halogens is 1. The number of benzene rings is 1. The average molecular weight is 477 g/mol. The molecule has 0 bridgehead atoms. The Bertz CT molecular complexity index is 1270. The quantitative estimate of drug-likeness (QED) is 0.544. The second kappa shape index (κ2) is 8.22. The number of aromatic nitrogens is 2. The molecule has 5 rings (SSSR count). The maximum Gasteiger partial charge on any atom is 0.214 e. The number of sulfonamides is 1. The molecule has 170 valence electrons. The van der Waals surface area contributed by atoms with Crippen molar-refractivity contribution < 1.29 is 18.3 Å². The first kappa shape index (κ1) is 21.5. The van der Waals surface area contributed by atoms with Crippen LogP contribution in [0.25, 0.3) is 16.9 Å². The zero-order chi connectivity index (χ0) is 22.5. The number of nitrogens with one attached hydrogen (secondary N) is 1. The van der Waals surface area contributed by atoms with Crippen LogP contribution in [0.2, 0.25) is 5.02 Å². The summed E-state index contributed by atoms with van der Waals surface area (Å²) in [4.78, 5) is 6.92. The third kappa shape index (κ3) is 4.05. The van der Waals surface area contributed by atoms with Gasteiger partial charge in [0.2, 0.25) is 10.0 Å². The number of fused-ring (bicyclic) bond motifs is 1. The summed E-state index contributed by atoms with van der Waals surface area (Å²) in [6, 6.07) is 7.40. The highest BCUT2D eigenvalue weighted by atomic mass is 35.5. The van der Waals surface area contributed by atoms with Crippen molar-refractivity contribution in [3.63, 3.8) is 0 Å². The highest BCUT2D eigenvalue weighted by Gasteiger charge is 2.38. The maximum atomic E-state index is 12.2. The highest BCUT2D eigenvalue weighted by molar-refractivity contribution is 7.90. The summed E-state index contributed by atoms with van der Waals surface area (Å²) in [5.74, 6) is 0.506. The molecule has 1 aliphatic carbocycles. The van der Waals surface area contributed by atoms with Crippen molar-refractivity contribution in [2.45, 2.75) is 37.2 Å². The van der Waals surface area contributed by atoms with Crippen LogP contribution in [0.1, 0.15) is 24.8 Å². The molecule has 2 fully saturated rings. The average Bonchev–Trinajstić information content (AvgIpc) is 3.42.